The van der Waals surface area contributed by atoms with Gasteiger partial charge in [-0.1, -0.05) is 80.1 Å². The van der Waals surface area contributed by atoms with Gasteiger partial charge in [-0.3, -0.25) is 0 Å². The average Bonchev–Trinajstić information content (AvgIpc) is 3.40. The molecule has 0 aromatic heterocycles. The van der Waals surface area contributed by atoms with E-state index in [4.69, 9.17) is 23.7 Å². The first-order valence-corrected chi connectivity index (χ1v) is 15.9. The Morgan fingerprint density at radius 3 is 1.80 bits per heavy atom. The quantitative estimate of drug-likeness (QED) is 0.175. The van der Waals surface area contributed by atoms with Crippen molar-refractivity contribution in [2.24, 2.45) is 0 Å². The Morgan fingerprint density at radius 2 is 1.24 bits per heavy atom. The molecular weight excluding hydrogens is 572 g/mol. The van der Waals surface area contributed by atoms with Crippen molar-refractivity contribution in [3.63, 3.8) is 0 Å². The second-order valence-electron chi connectivity index (χ2n) is 12.2. The summed E-state index contributed by atoms with van der Waals surface area (Å²) in [4.78, 5) is 0. The van der Waals surface area contributed by atoms with Crippen LogP contribution in [0.4, 0.5) is 0 Å². The predicted molar refractivity (Wildman–Crippen MR) is 185 cm³/mol. The molecule has 0 saturated carbocycles. The van der Waals surface area contributed by atoms with E-state index in [2.05, 4.69) is 75.4 Å². The minimum absolute atomic E-state index is 0.134. The van der Waals surface area contributed by atoms with Crippen molar-refractivity contribution in [1.82, 2.24) is 0 Å². The fraction of sp³-hybridized carbons (Fsp3) is 0.268. The Balaban J connectivity index is 1.57. The topological polar surface area (TPSA) is 46.2 Å². The molecule has 0 unspecified atom stereocenters. The van der Waals surface area contributed by atoms with Crippen LogP contribution in [-0.2, 0) is 11.0 Å². The van der Waals surface area contributed by atoms with Gasteiger partial charge in [-0.25, -0.2) is 0 Å². The lowest BCUT2D eigenvalue weighted by molar-refractivity contribution is 0.162. The van der Waals surface area contributed by atoms with Gasteiger partial charge in [-0.05, 0) is 77.7 Å². The highest BCUT2D eigenvalue weighted by molar-refractivity contribution is 6.08. The summed E-state index contributed by atoms with van der Waals surface area (Å²) in [6.45, 7) is 6.82. The van der Waals surface area contributed by atoms with Crippen molar-refractivity contribution in [1.29, 1.82) is 0 Å². The molecule has 0 N–H and O–H groups in total. The molecule has 0 amide bonds. The molecule has 0 spiro atoms. The molecule has 5 aromatic carbocycles. The molecule has 2 aliphatic rings. The number of aryl methyl sites for hydroxylation is 1. The molecule has 0 saturated heterocycles. The second kappa shape index (κ2) is 11.2. The number of methoxy groups -OCH3 is 4. The van der Waals surface area contributed by atoms with Gasteiger partial charge in [-0.2, -0.15) is 0 Å². The number of hydrogen-bond acceptors (Lipinski definition) is 5. The number of hydrogen-bond donors (Lipinski definition) is 0. The van der Waals surface area contributed by atoms with E-state index < -0.39 is 5.60 Å². The molecule has 5 nitrogen and oxygen atoms in total. The first-order chi connectivity index (χ1) is 22.4. The lowest BCUT2D eigenvalue weighted by Gasteiger charge is -2.39. The van der Waals surface area contributed by atoms with Gasteiger partial charge in [0.15, 0.2) is 28.6 Å². The molecule has 7 rings (SSSR count). The summed E-state index contributed by atoms with van der Waals surface area (Å²) in [6, 6.07) is 27.6. The van der Waals surface area contributed by atoms with E-state index in [-0.39, 0.29) is 5.41 Å². The van der Waals surface area contributed by atoms with E-state index in [1.165, 1.54) is 33.2 Å². The molecule has 0 bridgehead atoms. The third-order valence-electron chi connectivity index (χ3n) is 10.2. The van der Waals surface area contributed by atoms with Gasteiger partial charge < -0.3 is 23.7 Å². The van der Waals surface area contributed by atoms with E-state index in [0.29, 0.717) is 23.0 Å². The standard InChI is InChI=1S/C41H40O5/c1-8-40(9-2)32-22-25(3)14-17-30(32)37-28-12-10-11-13-29(28)39-31(38(37)40)20-21-41(46-39,26-15-18-33(42-4)35(23-26)44-6)27-16-19-34(43-5)36(24-27)45-7/h10-24H,8-9H2,1-7H3. The van der Waals surface area contributed by atoms with Crippen LogP contribution in [0, 0.1) is 6.92 Å². The maximum atomic E-state index is 7.50. The molecule has 5 aromatic rings. The number of benzene rings is 5. The fourth-order valence-corrected chi connectivity index (χ4v) is 7.87. The molecule has 5 heteroatoms. The summed E-state index contributed by atoms with van der Waals surface area (Å²) in [6.07, 6.45) is 6.46. The first-order valence-electron chi connectivity index (χ1n) is 15.9. The number of rotatable bonds is 8. The Labute approximate surface area is 271 Å². The van der Waals surface area contributed by atoms with Gasteiger partial charge in [0, 0.05) is 27.5 Å². The zero-order chi connectivity index (χ0) is 32.2. The Morgan fingerprint density at radius 1 is 0.652 bits per heavy atom. The number of ether oxygens (including phenoxy) is 5. The highest BCUT2D eigenvalue weighted by Gasteiger charge is 2.47. The van der Waals surface area contributed by atoms with E-state index >= 15 is 0 Å². The third kappa shape index (κ3) is 4.07. The van der Waals surface area contributed by atoms with Gasteiger partial charge in [0.1, 0.15) is 5.75 Å². The van der Waals surface area contributed by atoms with Crippen molar-refractivity contribution in [2.75, 3.05) is 28.4 Å². The molecule has 0 atom stereocenters. The first kappa shape index (κ1) is 29.8. The third-order valence-corrected chi connectivity index (χ3v) is 10.2. The van der Waals surface area contributed by atoms with Gasteiger partial charge in [0.05, 0.1) is 28.4 Å². The summed E-state index contributed by atoms with van der Waals surface area (Å²) in [5, 5.41) is 2.29. The van der Waals surface area contributed by atoms with Crippen LogP contribution in [0.5, 0.6) is 28.7 Å². The molecular formula is C41H40O5. The highest BCUT2D eigenvalue weighted by Crippen LogP contribution is 2.60. The van der Waals surface area contributed by atoms with Crippen LogP contribution >= 0.6 is 0 Å². The zero-order valence-corrected chi connectivity index (χ0v) is 27.6. The summed E-state index contributed by atoms with van der Waals surface area (Å²) in [5.41, 5.74) is 8.51. The largest absolute Gasteiger partial charge is 0.493 e. The van der Waals surface area contributed by atoms with E-state index in [9.17, 15) is 0 Å². The maximum Gasteiger partial charge on any atom is 0.178 e. The maximum absolute atomic E-state index is 7.50. The molecule has 1 aliphatic heterocycles. The number of fused-ring (bicyclic) bond motifs is 8. The SMILES string of the molecule is CCC1(CC)c2cc(C)ccc2-c2c1c1c(c3ccccc23)OC(c2ccc(OC)c(OC)c2)(c2ccc(OC)c(OC)c2)C=C1. The van der Waals surface area contributed by atoms with Crippen molar-refractivity contribution < 1.29 is 23.7 Å². The Hall–Kier alpha value is -4.90. The normalized spacial score (nSPS) is 15.0. The highest BCUT2D eigenvalue weighted by atomic mass is 16.5. The molecule has 46 heavy (non-hydrogen) atoms. The van der Waals surface area contributed by atoms with E-state index in [1.807, 2.05) is 36.4 Å². The van der Waals surface area contributed by atoms with Crippen LogP contribution in [0.1, 0.15) is 60.1 Å². The second-order valence-corrected chi connectivity index (χ2v) is 12.2. The Bertz CT molecular complexity index is 1960. The van der Waals surface area contributed by atoms with Crippen LogP contribution in [0.2, 0.25) is 0 Å². The Kier molecular flexibility index (Phi) is 7.23. The molecule has 1 heterocycles. The average molecular weight is 613 g/mol. The molecule has 1 aliphatic carbocycles. The van der Waals surface area contributed by atoms with Crippen molar-refractivity contribution in [3.8, 4) is 39.9 Å². The van der Waals surface area contributed by atoms with Crippen LogP contribution in [-0.4, -0.2) is 28.4 Å². The zero-order valence-electron chi connectivity index (χ0n) is 27.6. The van der Waals surface area contributed by atoms with Crippen LogP contribution < -0.4 is 23.7 Å². The molecule has 234 valence electrons. The van der Waals surface area contributed by atoms with E-state index in [1.54, 1.807) is 28.4 Å². The fourth-order valence-electron chi connectivity index (χ4n) is 7.87. The minimum Gasteiger partial charge on any atom is -0.493 e. The van der Waals surface area contributed by atoms with Crippen LogP contribution in [0.25, 0.3) is 28.0 Å². The lowest BCUT2D eigenvalue weighted by atomic mass is 9.71. The monoisotopic (exact) mass is 612 g/mol. The van der Waals surface area contributed by atoms with Crippen molar-refractivity contribution in [2.45, 2.75) is 44.6 Å². The van der Waals surface area contributed by atoms with E-state index in [0.717, 1.165) is 40.7 Å². The van der Waals surface area contributed by atoms with Gasteiger partial charge in [0.25, 0.3) is 0 Å². The predicted octanol–water partition coefficient (Wildman–Crippen LogP) is 9.62. The summed E-state index contributed by atoms with van der Waals surface area (Å²) in [7, 11) is 6.61. The summed E-state index contributed by atoms with van der Waals surface area (Å²) in [5.74, 6) is 3.44. The lowest BCUT2D eigenvalue weighted by Crippen LogP contribution is -2.35. The molecule has 0 radical (unpaired) electrons. The summed E-state index contributed by atoms with van der Waals surface area (Å²) < 4.78 is 30.3. The smallest absolute Gasteiger partial charge is 0.178 e. The van der Waals surface area contributed by atoms with Crippen LogP contribution in [0.3, 0.4) is 0 Å². The van der Waals surface area contributed by atoms with Crippen LogP contribution in [0.15, 0.2) is 84.9 Å². The summed E-state index contributed by atoms with van der Waals surface area (Å²) >= 11 is 0. The van der Waals surface area contributed by atoms with Crippen molar-refractivity contribution in [3.05, 3.63) is 118 Å². The van der Waals surface area contributed by atoms with Crippen molar-refractivity contribution >= 4 is 16.8 Å². The minimum atomic E-state index is -1.01. The van der Waals surface area contributed by atoms with Gasteiger partial charge in [-0.15, -0.1) is 0 Å². The molecule has 0 fully saturated rings. The van der Waals surface area contributed by atoms with Gasteiger partial charge >= 0.3 is 0 Å². The van der Waals surface area contributed by atoms with Gasteiger partial charge in [0.2, 0.25) is 0 Å².